The van der Waals surface area contributed by atoms with Gasteiger partial charge in [-0.25, -0.2) is 22.9 Å². The molecular formula is C49H58F2N12O6S2. The van der Waals surface area contributed by atoms with Crippen molar-refractivity contribution in [2.24, 2.45) is 4.40 Å². The molecule has 0 fully saturated rings. The summed E-state index contributed by atoms with van der Waals surface area (Å²) in [6, 6.07) is 16.7. The highest BCUT2D eigenvalue weighted by Crippen LogP contribution is 2.36. The molecule has 22 heteroatoms. The van der Waals surface area contributed by atoms with Crippen molar-refractivity contribution in [1.82, 2.24) is 34.3 Å². The highest BCUT2D eigenvalue weighted by molar-refractivity contribution is 7.90. The lowest BCUT2D eigenvalue weighted by atomic mass is 9.94. The summed E-state index contributed by atoms with van der Waals surface area (Å²) in [6.07, 6.45) is 12.4. The Morgan fingerprint density at radius 3 is 1.65 bits per heavy atom. The zero-order valence-electron chi connectivity index (χ0n) is 41.0. The van der Waals surface area contributed by atoms with Crippen molar-refractivity contribution in [3.8, 4) is 22.3 Å². The Balaban J connectivity index is 0.000000207. The summed E-state index contributed by atoms with van der Waals surface area (Å²) in [5, 5.41) is 22.0. The van der Waals surface area contributed by atoms with Crippen LogP contribution in [0.25, 0.3) is 22.3 Å². The number of halogens is 2. The van der Waals surface area contributed by atoms with E-state index in [1.54, 1.807) is 49.1 Å². The number of nitrogens with one attached hydrogen (secondary N) is 2. The smallest absolute Gasteiger partial charge is 0.388 e. The number of urea groups is 1. The molecule has 0 aliphatic rings. The second-order valence-electron chi connectivity index (χ2n) is 17.4. The van der Waals surface area contributed by atoms with Gasteiger partial charge < -0.3 is 21.1 Å². The first-order valence-electron chi connectivity index (χ1n) is 22.3. The van der Waals surface area contributed by atoms with Crippen LogP contribution in [0.4, 0.5) is 30.6 Å². The number of rotatable bonds is 12. The lowest BCUT2D eigenvalue weighted by Gasteiger charge is -2.19. The van der Waals surface area contributed by atoms with Gasteiger partial charge in [0, 0.05) is 102 Å². The molecule has 376 valence electrons. The van der Waals surface area contributed by atoms with Crippen LogP contribution in [-0.4, -0.2) is 72.5 Å². The Labute approximate surface area is 413 Å². The lowest BCUT2D eigenvalue weighted by Crippen LogP contribution is -2.51. The van der Waals surface area contributed by atoms with Crippen LogP contribution in [0.15, 0.2) is 137 Å². The van der Waals surface area contributed by atoms with Crippen molar-refractivity contribution >= 4 is 49.2 Å². The molecule has 7 aromatic rings. The molecule has 0 aliphatic carbocycles. The highest BCUT2D eigenvalue weighted by atomic mass is 32.2. The summed E-state index contributed by atoms with van der Waals surface area (Å²) in [6.45, 7) is 15.1. The third kappa shape index (κ3) is 14.3. The third-order valence-corrected chi connectivity index (χ3v) is 12.9. The standard InChI is InChI=1S/C21H24FN5O3S.C14H15FN2.C14H19N5O3S/c1-13(2)17-11-16(22)12-18(15-5-8-23-9-6-15)20(17)24-21(28)26-31(29,30)19-7-10-27(25-19)14(3)4;1-9(2)12-7-11(15)8-13(14(12)16)10-3-5-17-6-4-10;1-11(2)19-10-7-13(15-19)23(21,22)16-14(20)18-8-5-12(6-9-18)17(3)4/h5-14H,1-4H3,(H2,24,26,28);3-9H,16H2,1-2H3;5-11H,1-4H3. The maximum absolute atomic E-state index is 14.3. The molecule has 0 radical (unpaired) electrons. The fourth-order valence-corrected chi connectivity index (χ4v) is 8.39. The Kier molecular flexibility index (Phi) is 17.9. The largest absolute Gasteiger partial charge is 0.806 e. The molecule has 71 heavy (non-hydrogen) atoms. The van der Waals surface area contributed by atoms with Crippen LogP contribution in [-0.2, 0) is 20.0 Å². The van der Waals surface area contributed by atoms with Crippen LogP contribution in [0.1, 0.15) is 90.4 Å². The van der Waals surface area contributed by atoms with Gasteiger partial charge in [-0.15, -0.1) is 0 Å². The molecule has 5 heterocycles. The monoisotopic (exact) mass is 1010 g/mol. The molecule has 2 amide bonds. The lowest BCUT2D eigenvalue weighted by molar-refractivity contribution is -0.613. The fraction of sp³-hybridized carbons (Fsp3) is 0.286. The predicted octanol–water partition coefficient (Wildman–Crippen LogP) is 7.66. The zero-order valence-corrected chi connectivity index (χ0v) is 42.6. The van der Waals surface area contributed by atoms with Crippen molar-refractivity contribution in [3.63, 3.8) is 0 Å². The van der Waals surface area contributed by atoms with E-state index in [1.165, 1.54) is 70.5 Å². The second kappa shape index (κ2) is 23.3. The first-order chi connectivity index (χ1) is 33.4. The number of carbonyl (C=O) groups excluding carboxylic acids is 1. The SMILES string of the molecule is CC(C)c1cc(F)cc(-c2ccncc2)c1N.CC(C)c1cc(F)cc(-c2ccncc2)c1NC(=O)NS(=O)(=O)c1ccn(C(C)C)n1.CC(C)n1ccc(S(=O)(=O)N=C([O-])[n+]2ccc(N(C)C)cc2)n1. The topological polar surface area (TPSA) is 239 Å². The van der Waals surface area contributed by atoms with Crippen molar-refractivity contribution in [1.29, 1.82) is 0 Å². The number of hydrogen-bond donors (Lipinski definition) is 3. The van der Waals surface area contributed by atoms with Crippen LogP contribution in [0.2, 0.25) is 0 Å². The minimum Gasteiger partial charge on any atom is -0.806 e. The number of carbonyl (C=O) groups is 1. The van der Waals surface area contributed by atoms with E-state index in [-0.39, 0.29) is 39.8 Å². The van der Waals surface area contributed by atoms with Gasteiger partial charge in [-0.2, -0.15) is 27.0 Å². The van der Waals surface area contributed by atoms with E-state index in [1.807, 2.05) is 91.2 Å². The van der Waals surface area contributed by atoms with E-state index in [9.17, 15) is 35.5 Å². The van der Waals surface area contributed by atoms with Crippen molar-refractivity contribution in [2.45, 2.75) is 89.4 Å². The predicted molar refractivity (Wildman–Crippen MR) is 267 cm³/mol. The van der Waals surface area contributed by atoms with Gasteiger partial charge in [-0.05, 0) is 122 Å². The number of aromatic nitrogens is 7. The number of anilines is 3. The molecule has 0 saturated heterocycles. The molecule has 0 aliphatic heterocycles. The van der Waals surface area contributed by atoms with Crippen molar-refractivity contribution in [3.05, 3.63) is 145 Å². The van der Waals surface area contributed by atoms with Crippen LogP contribution in [0.3, 0.4) is 0 Å². The van der Waals surface area contributed by atoms with Crippen LogP contribution in [0, 0.1) is 11.6 Å². The van der Waals surface area contributed by atoms with Crippen LogP contribution in [0.5, 0.6) is 0 Å². The molecule has 7 rings (SSSR count). The van der Waals surface area contributed by atoms with E-state index in [2.05, 4.69) is 29.9 Å². The molecule has 0 bridgehead atoms. The van der Waals surface area contributed by atoms with Gasteiger partial charge in [-0.3, -0.25) is 19.3 Å². The second-order valence-corrected chi connectivity index (χ2v) is 20.6. The number of nitrogen functional groups attached to an aromatic ring is 1. The number of sulfonamides is 2. The minimum atomic E-state index is -4.19. The van der Waals surface area contributed by atoms with Gasteiger partial charge in [0.1, 0.15) is 11.6 Å². The number of benzene rings is 2. The molecule has 0 saturated carbocycles. The average molecular weight is 1010 g/mol. The van der Waals surface area contributed by atoms with E-state index in [0.29, 0.717) is 28.1 Å². The van der Waals surface area contributed by atoms with Gasteiger partial charge in [0.2, 0.25) is 5.03 Å². The zero-order chi connectivity index (χ0) is 52.4. The number of pyridine rings is 3. The number of nitrogens with zero attached hydrogens (tertiary/aromatic N) is 9. The molecule has 2 aromatic carbocycles. The normalized spacial score (nSPS) is 11.8. The summed E-state index contributed by atoms with van der Waals surface area (Å²) in [5.74, 6) is -0.653. The first-order valence-corrected chi connectivity index (χ1v) is 25.2. The van der Waals surface area contributed by atoms with Gasteiger partial charge in [0.15, 0.2) is 5.03 Å². The summed E-state index contributed by atoms with van der Waals surface area (Å²) in [4.78, 5) is 22.4. The fourth-order valence-electron chi connectivity index (χ4n) is 6.72. The Hall–Kier alpha value is -7.59. The first kappa shape index (κ1) is 54.4. The van der Waals surface area contributed by atoms with Gasteiger partial charge in [-0.1, -0.05) is 27.7 Å². The summed E-state index contributed by atoms with van der Waals surface area (Å²) < 4.78 is 86.7. The van der Waals surface area contributed by atoms with E-state index >= 15 is 0 Å². The van der Waals surface area contributed by atoms with Crippen LogP contribution >= 0.6 is 0 Å². The Morgan fingerprint density at radius 2 is 1.17 bits per heavy atom. The molecular weight excluding hydrogens is 955 g/mol. The molecule has 0 spiro atoms. The van der Waals surface area contributed by atoms with Gasteiger partial charge >= 0.3 is 16.1 Å². The molecule has 5 aromatic heterocycles. The summed E-state index contributed by atoms with van der Waals surface area (Å²) in [7, 11) is -4.60. The van der Waals surface area contributed by atoms with Gasteiger partial charge in [0.05, 0.1) is 18.1 Å². The third-order valence-electron chi connectivity index (χ3n) is 10.5. The van der Waals surface area contributed by atoms with E-state index in [0.717, 1.165) is 26.9 Å². The maximum Gasteiger partial charge on any atom is 0.388 e. The maximum atomic E-state index is 14.3. The van der Waals surface area contributed by atoms with Crippen LogP contribution < -0.4 is 30.3 Å². The molecule has 4 N–H and O–H groups in total. The van der Waals surface area contributed by atoms with Crippen molar-refractivity contribution in [2.75, 3.05) is 30.0 Å². The molecule has 0 unspecified atom stereocenters. The van der Waals surface area contributed by atoms with E-state index < -0.39 is 37.9 Å². The Bertz CT molecular complexity index is 3180. The highest BCUT2D eigenvalue weighted by Gasteiger charge is 2.25. The summed E-state index contributed by atoms with van der Waals surface area (Å²) in [5.41, 5.74) is 12.0. The quantitative estimate of drug-likeness (QED) is 0.0463. The van der Waals surface area contributed by atoms with Gasteiger partial charge in [0.25, 0.3) is 16.0 Å². The summed E-state index contributed by atoms with van der Waals surface area (Å²) >= 11 is 0. The number of amides is 2. The Morgan fingerprint density at radius 1 is 0.704 bits per heavy atom. The minimum absolute atomic E-state index is 0.0163. The molecule has 0 atom stereocenters. The average Bonchev–Trinajstić information content (AvgIpc) is 4.04. The van der Waals surface area contributed by atoms with Crippen molar-refractivity contribution < 1.29 is 40.1 Å². The number of nitrogens with two attached hydrogens (primary N) is 1. The number of hydrogen-bond acceptors (Lipinski definition) is 12. The van der Waals surface area contributed by atoms with E-state index in [4.69, 9.17) is 5.73 Å². The molecule has 18 nitrogen and oxygen atoms in total.